The number of H-pyrrole nitrogens is 1. The van der Waals surface area contributed by atoms with Crippen LogP contribution in [0.15, 0.2) is 27.8 Å². The van der Waals surface area contributed by atoms with Gasteiger partial charge in [0.25, 0.3) is 5.56 Å². The van der Waals surface area contributed by atoms with E-state index in [-0.39, 0.29) is 31.9 Å². The van der Waals surface area contributed by atoms with Gasteiger partial charge in [-0.2, -0.15) is 13.2 Å². The molecule has 0 radical (unpaired) electrons. The molecule has 0 aliphatic carbocycles. The van der Waals surface area contributed by atoms with Gasteiger partial charge in [0.05, 0.1) is 27.7 Å². The summed E-state index contributed by atoms with van der Waals surface area (Å²) in [5, 5.41) is 0.271. The number of aromatic amines is 1. The quantitative estimate of drug-likeness (QED) is 0.644. The van der Waals surface area contributed by atoms with Crippen LogP contribution in [-0.4, -0.2) is 21.6 Å². The Bertz CT molecular complexity index is 1180. The molecule has 0 spiro atoms. The standard InChI is InChI=1S/C16H10Cl2F3N3O3S/c1-6-13(27-2)23-14(28-6)7-3-10(9(18)4-8(7)17)24-11(16(19,20)21)5-12(25)22-15(24)26/h3-5H,1-2H3,(H,22,25,26). The van der Waals surface area contributed by atoms with Crippen LogP contribution in [-0.2, 0) is 6.18 Å². The van der Waals surface area contributed by atoms with Gasteiger partial charge < -0.3 is 4.74 Å². The van der Waals surface area contributed by atoms with Crippen LogP contribution in [0, 0.1) is 6.92 Å². The maximum Gasteiger partial charge on any atom is 0.432 e. The number of hydrogen-bond donors (Lipinski definition) is 1. The molecular formula is C16H10Cl2F3N3O3S. The second-order valence-corrected chi connectivity index (χ2v) is 7.54. The lowest BCUT2D eigenvalue weighted by molar-refractivity contribution is -0.143. The molecule has 1 aromatic carbocycles. The average Bonchev–Trinajstić information content (AvgIpc) is 2.95. The number of thiazole rings is 1. The highest BCUT2D eigenvalue weighted by Crippen LogP contribution is 2.39. The number of ether oxygens (including phenoxy) is 1. The van der Waals surface area contributed by atoms with E-state index >= 15 is 0 Å². The van der Waals surface area contributed by atoms with E-state index in [1.54, 1.807) is 11.9 Å². The Balaban J connectivity index is 2.33. The molecule has 0 saturated heterocycles. The van der Waals surface area contributed by atoms with Crippen LogP contribution < -0.4 is 16.0 Å². The molecule has 2 heterocycles. The number of methoxy groups -OCH3 is 1. The van der Waals surface area contributed by atoms with E-state index in [4.69, 9.17) is 27.9 Å². The van der Waals surface area contributed by atoms with Gasteiger partial charge >= 0.3 is 11.9 Å². The van der Waals surface area contributed by atoms with Gasteiger partial charge in [0.2, 0.25) is 5.88 Å². The molecule has 0 saturated carbocycles. The van der Waals surface area contributed by atoms with Gasteiger partial charge in [-0.1, -0.05) is 23.2 Å². The smallest absolute Gasteiger partial charge is 0.432 e. The SMILES string of the molecule is COc1nc(-c2cc(-n3c(C(F)(F)F)cc(=O)[nH]c3=O)c(Cl)cc2Cl)sc1C. The lowest BCUT2D eigenvalue weighted by atomic mass is 10.2. The third-order valence-electron chi connectivity index (χ3n) is 3.69. The van der Waals surface area contributed by atoms with E-state index in [0.29, 0.717) is 10.9 Å². The molecule has 148 valence electrons. The average molecular weight is 452 g/mol. The van der Waals surface area contributed by atoms with Crippen LogP contribution in [0.2, 0.25) is 10.0 Å². The number of nitrogens with zero attached hydrogens (tertiary/aromatic N) is 2. The number of benzene rings is 1. The van der Waals surface area contributed by atoms with Crippen molar-refractivity contribution in [2.24, 2.45) is 0 Å². The first-order valence-electron chi connectivity index (χ1n) is 7.47. The summed E-state index contributed by atoms with van der Waals surface area (Å²) in [7, 11) is 1.43. The van der Waals surface area contributed by atoms with E-state index in [1.165, 1.54) is 30.6 Å². The number of aromatic nitrogens is 3. The van der Waals surface area contributed by atoms with Crippen molar-refractivity contribution in [3.05, 3.63) is 59.7 Å². The Kier molecular flexibility index (Phi) is 5.30. The number of hydrogen-bond acceptors (Lipinski definition) is 5. The molecule has 3 aromatic rings. The molecule has 0 amide bonds. The molecule has 28 heavy (non-hydrogen) atoms. The lowest BCUT2D eigenvalue weighted by Gasteiger charge is -2.16. The summed E-state index contributed by atoms with van der Waals surface area (Å²) in [5.41, 5.74) is -3.99. The van der Waals surface area contributed by atoms with E-state index in [9.17, 15) is 22.8 Å². The molecular weight excluding hydrogens is 442 g/mol. The zero-order chi connectivity index (χ0) is 20.8. The van der Waals surface area contributed by atoms with Crippen molar-refractivity contribution in [1.82, 2.24) is 14.5 Å². The minimum absolute atomic E-state index is 0.121. The molecule has 2 aromatic heterocycles. The Morgan fingerprint density at radius 3 is 2.43 bits per heavy atom. The fourth-order valence-electron chi connectivity index (χ4n) is 2.50. The van der Waals surface area contributed by atoms with Gasteiger partial charge in [-0.25, -0.2) is 9.78 Å². The van der Waals surface area contributed by atoms with Crippen molar-refractivity contribution in [1.29, 1.82) is 0 Å². The Labute approximate surface area is 169 Å². The van der Waals surface area contributed by atoms with Crippen LogP contribution in [0.5, 0.6) is 5.88 Å². The third-order valence-corrected chi connectivity index (χ3v) is 5.29. The number of alkyl halides is 3. The first-order chi connectivity index (χ1) is 13.0. The molecule has 6 nitrogen and oxygen atoms in total. The van der Waals surface area contributed by atoms with Gasteiger partial charge in [0.15, 0.2) is 0 Å². The summed E-state index contributed by atoms with van der Waals surface area (Å²) in [4.78, 5) is 30.3. The summed E-state index contributed by atoms with van der Waals surface area (Å²) in [6.45, 7) is 1.75. The maximum absolute atomic E-state index is 13.4. The maximum atomic E-state index is 13.4. The predicted molar refractivity (Wildman–Crippen MR) is 100 cm³/mol. The number of nitrogens with one attached hydrogen (secondary N) is 1. The lowest BCUT2D eigenvalue weighted by Crippen LogP contribution is -2.34. The minimum atomic E-state index is -4.97. The molecule has 0 aliphatic heterocycles. The zero-order valence-electron chi connectivity index (χ0n) is 14.1. The largest absolute Gasteiger partial charge is 0.480 e. The van der Waals surface area contributed by atoms with E-state index in [0.717, 1.165) is 4.88 Å². The van der Waals surface area contributed by atoms with Crippen LogP contribution >= 0.6 is 34.5 Å². The van der Waals surface area contributed by atoms with Gasteiger partial charge in [-0.15, -0.1) is 11.3 Å². The predicted octanol–water partition coefficient (Wildman–Crippen LogP) is 4.29. The number of aryl methyl sites for hydroxylation is 1. The highest BCUT2D eigenvalue weighted by Gasteiger charge is 2.36. The second-order valence-electron chi connectivity index (χ2n) is 5.53. The van der Waals surface area contributed by atoms with Gasteiger partial charge in [-0.05, 0) is 19.1 Å². The minimum Gasteiger partial charge on any atom is -0.480 e. The van der Waals surface area contributed by atoms with Gasteiger partial charge in [0.1, 0.15) is 10.7 Å². The Morgan fingerprint density at radius 1 is 1.18 bits per heavy atom. The summed E-state index contributed by atoms with van der Waals surface area (Å²) < 4.78 is 45.7. The van der Waals surface area contributed by atoms with E-state index in [1.807, 2.05) is 0 Å². The molecule has 0 unspecified atom stereocenters. The molecule has 12 heteroatoms. The highest BCUT2D eigenvalue weighted by molar-refractivity contribution is 7.15. The van der Waals surface area contributed by atoms with Gasteiger partial charge in [0, 0.05) is 11.6 Å². The van der Waals surface area contributed by atoms with Crippen LogP contribution in [0.4, 0.5) is 13.2 Å². The van der Waals surface area contributed by atoms with Crippen molar-refractivity contribution in [3.8, 4) is 22.1 Å². The monoisotopic (exact) mass is 451 g/mol. The van der Waals surface area contributed by atoms with Crippen molar-refractivity contribution in [2.75, 3.05) is 7.11 Å². The van der Waals surface area contributed by atoms with Gasteiger partial charge in [-0.3, -0.25) is 14.3 Å². The summed E-state index contributed by atoms with van der Waals surface area (Å²) in [6.07, 6.45) is -4.97. The van der Waals surface area contributed by atoms with Crippen LogP contribution in [0.1, 0.15) is 10.6 Å². The number of rotatable bonds is 3. The zero-order valence-corrected chi connectivity index (χ0v) is 16.5. The Morgan fingerprint density at radius 2 is 1.86 bits per heavy atom. The normalized spacial score (nSPS) is 11.7. The first kappa shape index (κ1) is 20.4. The second kappa shape index (κ2) is 7.26. The molecule has 0 atom stereocenters. The Hall–Kier alpha value is -2.30. The summed E-state index contributed by atoms with van der Waals surface area (Å²) in [6, 6.07) is 2.69. The fourth-order valence-corrected chi connectivity index (χ4v) is 4.03. The van der Waals surface area contributed by atoms with Crippen LogP contribution in [0.25, 0.3) is 16.3 Å². The van der Waals surface area contributed by atoms with E-state index in [2.05, 4.69) is 4.98 Å². The van der Waals surface area contributed by atoms with Crippen molar-refractivity contribution < 1.29 is 17.9 Å². The third kappa shape index (κ3) is 3.67. The van der Waals surface area contributed by atoms with E-state index < -0.39 is 23.1 Å². The molecule has 3 rings (SSSR count). The summed E-state index contributed by atoms with van der Waals surface area (Å²) in [5.74, 6) is 0.338. The molecule has 0 bridgehead atoms. The summed E-state index contributed by atoms with van der Waals surface area (Å²) >= 11 is 13.5. The fraction of sp³-hybridized carbons (Fsp3) is 0.188. The van der Waals surface area contributed by atoms with Crippen molar-refractivity contribution in [2.45, 2.75) is 13.1 Å². The number of halogens is 5. The molecule has 0 aliphatic rings. The molecule has 0 fully saturated rings. The van der Waals surface area contributed by atoms with Crippen molar-refractivity contribution in [3.63, 3.8) is 0 Å². The first-order valence-corrected chi connectivity index (χ1v) is 9.05. The topological polar surface area (TPSA) is 77.0 Å². The van der Waals surface area contributed by atoms with Crippen molar-refractivity contribution >= 4 is 34.5 Å². The highest BCUT2D eigenvalue weighted by atomic mass is 35.5. The molecule has 1 N–H and O–H groups in total. The van der Waals surface area contributed by atoms with Crippen LogP contribution in [0.3, 0.4) is 0 Å².